The molecule has 21 heavy (non-hydrogen) atoms. The van der Waals surface area contributed by atoms with Gasteiger partial charge in [-0.1, -0.05) is 26.0 Å². The molecule has 0 bridgehead atoms. The summed E-state index contributed by atoms with van der Waals surface area (Å²) in [4.78, 5) is 4.46. The summed E-state index contributed by atoms with van der Waals surface area (Å²) in [5.41, 5.74) is 1.27. The maximum Gasteiger partial charge on any atom is 0.118 e. The number of nitrogens with zero attached hydrogens (tertiary/aromatic N) is 2. The number of hydrogen-bond donors (Lipinski definition) is 1. The van der Waals surface area contributed by atoms with E-state index in [4.69, 9.17) is 4.74 Å². The van der Waals surface area contributed by atoms with Crippen molar-refractivity contribution < 1.29 is 4.74 Å². The van der Waals surface area contributed by atoms with Crippen molar-refractivity contribution in [2.45, 2.75) is 39.3 Å². The summed E-state index contributed by atoms with van der Waals surface area (Å²) < 4.78 is 7.48. The molecule has 0 aliphatic rings. The number of hydrogen-bond acceptors (Lipinski definition) is 3. The zero-order valence-corrected chi connectivity index (χ0v) is 13.2. The Balaban J connectivity index is 2.15. The maximum atomic E-state index is 5.23. The fourth-order valence-electron chi connectivity index (χ4n) is 2.53. The summed E-state index contributed by atoms with van der Waals surface area (Å²) in [6.45, 7) is 6.16. The Bertz CT molecular complexity index is 533. The van der Waals surface area contributed by atoms with E-state index in [1.807, 2.05) is 18.3 Å². The quantitative estimate of drug-likeness (QED) is 0.810. The van der Waals surface area contributed by atoms with E-state index in [1.165, 1.54) is 5.56 Å². The molecule has 1 aromatic carbocycles. The van der Waals surface area contributed by atoms with Crippen LogP contribution < -0.4 is 10.1 Å². The number of benzene rings is 1. The number of ether oxygens (including phenoxy) is 1. The molecule has 0 aliphatic heterocycles. The van der Waals surface area contributed by atoms with Crippen LogP contribution in [0.4, 0.5) is 0 Å². The number of likely N-dealkylation sites (N-methyl/N-ethyl adjacent to an activating group) is 1. The minimum Gasteiger partial charge on any atom is -0.497 e. The highest BCUT2D eigenvalue weighted by atomic mass is 16.5. The van der Waals surface area contributed by atoms with E-state index in [0.29, 0.717) is 0 Å². The molecule has 1 atom stereocenters. The van der Waals surface area contributed by atoms with Gasteiger partial charge in [0.05, 0.1) is 13.2 Å². The van der Waals surface area contributed by atoms with Gasteiger partial charge in [0.25, 0.3) is 0 Å². The molecule has 0 radical (unpaired) electrons. The van der Waals surface area contributed by atoms with Crippen LogP contribution in [0.2, 0.25) is 0 Å². The monoisotopic (exact) mass is 287 g/mol. The molecule has 1 unspecified atom stereocenters. The summed E-state index contributed by atoms with van der Waals surface area (Å²) in [7, 11) is 1.69. The van der Waals surface area contributed by atoms with Crippen LogP contribution in [0.3, 0.4) is 0 Å². The van der Waals surface area contributed by atoms with Crippen molar-refractivity contribution in [3.63, 3.8) is 0 Å². The first-order valence-corrected chi connectivity index (χ1v) is 7.65. The largest absolute Gasteiger partial charge is 0.497 e. The van der Waals surface area contributed by atoms with Crippen LogP contribution in [0.15, 0.2) is 36.7 Å². The van der Waals surface area contributed by atoms with E-state index in [1.54, 1.807) is 7.11 Å². The normalized spacial score (nSPS) is 12.3. The Morgan fingerprint density at radius 3 is 2.62 bits per heavy atom. The highest BCUT2D eigenvalue weighted by Gasteiger charge is 2.13. The number of imidazole rings is 1. The first-order valence-electron chi connectivity index (χ1n) is 7.65. The third-order valence-electron chi connectivity index (χ3n) is 3.62. The number of rotatable bonds is 8. The van der Waals surface area contributed by atoms with Crippen molar-refractivity contribution >= 4 is 0 Å². The van der Waals surface area contributed by atoms with Crippen molar-refractivity contribution in [1.29, 1.82) is 0 Å². The molecule has 2 aromatic rings. The SMILES string of the molecule is CCCc1nccn1CC(NCC)c1ccc(OC)cc1. The molecular weight excluding hydrogens is 262 g/mol. The van der Waals surface area contributed by atoms with E-state index >= 15 is 0 Å². The molecule has 0 aliphatic carbocycles. The maximum absolute atomic E-state index is 5.23. The van der Waals surface area contributed by atoms with Crippen LogP contribution in [-0.2, 0) is 13.0 Å². The number of nitrogens with one attached hydrogen (secondary N) is 1. The molecular formula is C17H25N3O. The molecule has 1 aromatic heterocycles. The fraction of sp³-hybridized carbons (Fsp3) is 0.471. The molecule has 0 fully saturated rings. The first kappa shape index (κ1) is 15.6. The van der Waals surface area contributed by atoms with E-state index in [2.05, 4.69) is 47.0 Å². The van der Waals surface area contributed by atoms with E-state index in [-0.39, 0.29) is 6.04 Å². The lowest BCUT2D eigenvalue weighted by Crippen LogP contribution is -2.26. The van der Waals surface area contributed by atoms with Crippen molar-refractivity contribution in [2.75, 3.05) is 13.7 Å². The summed E-state index contributed by atoms with van der Waals surface area (Å²) in [6, 6.07) is 8.57. The Kier molecular flexibility index (Phi) is 5.81. The van der Waals surface area contributed by atoms with Gasteiger partial charge >= 0.3 is 0 Å². The second kappa shape index (κ2) is 7.84. The van der Waals surface area contributed by atoms with Crippen molar-refractivity contribution in [3.05, 3.63) is 48.0 Å². The molecule has 0 saturated heterocycles. The average molecular weight is 287 g/mol. The lowest BCUT2D eigenvalue weighted by Gasteiger charge is -2.20. The van der Waals surface area contributed by atoms with E-state index in [9.17, 15) is 0 Å². The fourth-order valence-corrected chi connectivity index (χ4v) is 2.53. The van der Waals surface area contributed by atoms with Gasteiger partial charge in [0.2, 0.25) is 0 Å². The third kappa shape index (κ3) is 4.08. The van der Waals surface area contributed by atoms with Gasteiger partial charge in [-0.05, 0) is 30.7 Å². The zero-order chi connectivity index (χ0) is 15.1. The highest BCUT2D eigenvalue weighted by molar-refractivity contribution is 5.29. The summed E-state index contributed by atoms with van der Waals surface area (Å²) in [5.74, 6) is 2.05. The Morgan fingerprint density at radius 1 is 1.24 bits per heavy atom. The number of aromatic nitrogens is 2. The summed E-state index contributed by atoms with van der Waals surface area (Å²) >= 11 is 0. The Hall–Kier alpha value is -1.81. The molecule has 0 amide bonds. The molecule has 114 valence electrons. The van der Waals surface area contributed by atoms with Gasteiger partial charge in [-0.3, -0.25) is 0 Å². The zero-order valence-electron chi connectivity index (χ0n) is 13.2. The third-order valence-corrected chi connectivity index (χ3v) is 3.62. The van der Waals surface area contributed by atoms with Gasteiger partial charge in [0.1, 0.15) is 11.6 Å². The van der Waals surface area contributed by atoms with Crippen LogP contribution in [0.1, 0.15) is 37.7 Å². The lowest BCUT2D eigenvalue weighted by atomic mass is 10.1. The van der Waals surface area contributed by atoms with Gasteiger partial charge in [0, 0.05) is 25.4 Å². The van der Waals surface area contributed by atoms with Crippen LogP contribution in [0.25, 0.3) is 0 Å². The summed E-state index contributed by atoms with van der Waals surface area (Å²) in [6.07, 6.45) is 6.10. The van der Waals surface area contributed by atoms with Gasteiger partial charge in [0.15, 0.2) is 0 Å². The second-order valence-corrected chi connectivity index (χ2v) is 5.13. The van der Waals surface area contributed by atoms with Crippen molar-refractivity contribution in [1.82, 2.24) is 14.9 Å². The molecule has 1 N–H and O–H groups in total. The van der Waals surface area contributed by atoms with Crippen LogP contribution in [0.5, 0.6) is 5.75 Å². The topological polar surface area (TPSA) is 39.1 Å². The lowest BCUT2D eigenvalue weighted by molar-refractivity contribution is 0.413. The number of aryl methyl sites for hydroxylation is 1. The van der Waals surface area contributed by atoms with Crippen LogP contribution in [0, 0.1) is 0 Å². The molecule has 2 rings (SSSR count). The minimum atomic E-state index is 0.283. The first-order chi connectivity index (χ1) is 10.3. The standard InChI is InChI=1S/C17H25N3O/c1-4-6-17-19-11-12-20(17)13-16(18-5-2)14-7-9-15(21-3)10-8-14/h7-12,16,18H,4-6,13H2,1-3H3. The summed E-state index contributed by atoms with van der Waals surface area (Å²) in [5, 5.41) is 3.55. The number of methoxy groups -OCH3 is 1. The molecule has 1 heterocycles. The average Bonchev–Trinajstić information content (AvgIpc) is 2.94. The van der Waals surface area contributed by atoms with Crippen LogP contribution >= 0.6 is 0 Å². The van der Waals surface area contributed by atoms with E-state index in [0.717, 1.165) is 37.5 Å². The smallest absolute Gasteiger partial charge is 0.118 e. The minimum absolute atomic E-state index is 0.283. The van der Waals surface area contributed by atoms with Gasteiger partial charge in [-0.2, -0.15) is 0 Å². The van der Waals surface area contributed by atoms with Crippen molar-refractivity contribution in [2.24, 2.45) is 0 Å². The second-order valence-electron chi connectivity index (χ2n) is 5.13. The Morgan fingerprint density at radius 2 is 2.00 bits per heavy atom. The van der Waals surface area contributed by atoms with Crippen molar-refractivity contribution in [3.8, 4) is 5.75 Å². The van der Waals surface area contributed by atoms with Gasteiger partial charge in [-0.25, -0.2) is 4.98 Å². The van der Waals surface area contributed by atoms with Gasteiger partial charge < -0.3 is 14.6 Å². The Labute approximate surface area is 127 Å². The molecule has 4 nitrogen and oxygen atoms in total. The molecule has 0 spiro atoms. The van der Waals surface area contributed by atoms with Crippen LogP contribution in [-0.4, -0.2) is 23.2 Å². The predicted octanol–water partition coefficient (Wildman–Crippen LogP) is 3.20. The molecule has 4 heteroatoms. The highest BCUT2D eigenvalue weighted by Crippen LogP contribution is 2.20. The van der Waals surface area contributed by atoms with Gasteiger partial charge in [-0.15, -0.1) is 0 Å². The predicted molar refractivity (Wildman–Crippen MR) is 85.6 cm³/mol. The molecule has 0 saturated carbocycles. The van der Waals surface area contributed by atoms with E-state index < -0.39 is 0 Å².